The van der Waals surface area contributed by atoms with E-state index in [-0.39, 0.29) is 0 Å². The summed E-state index contributed by atoms with van der Waals surface area (Å²) in [7, 11) is 0. The first kappa shape index (κ1) is 10.5. The molecule has 2 nitrogen and oxygen atoms in total. The van der Waals surface area contributed by atoms with Crippen LogP contribution in [0.25, 0.3) is 0 Å². The quantitative estimate of drug-likeness (QED) is 0.672. The zero-order valence-corrected chi connectivity index (χ0v) is 9.52. The summed E-state index contributed by atoms with van der Waals surface area (Å²) in [5.74, 6) is 0. The summed E-state index contributed by atoms with van der Waals surface area (Å²) in [6, 6.07) is 4.81. The second-order valence-electron chi connectivity index (χ2n) is 4.29. The van der Waals surface area contributed by atoms with Crippen molar-refractivity contribution in [3.8, 4) is 0 Å². The Kier molecular flexibility index (Phi) is 3.59. The van der Waals surface area contributed by atoms with Gasteiger partial charge in [-0.3, -0.25) is 4.99 Å². The summed E-state index contributed by atoms with van der Waals surface area (Å²) < 4.78 is 2.23. The third-order valence-electron chi connectivity index (χ3n) is 3.20. The van der Waals surface area contributed by atoms with Gasteiger partial charge in [-0.1, -0.05) is 19.3 Å². The Morgan fingerprint density at radius 2 is 2.20 bits per heavy atom. The van der Waals surface area contributed by atoms with Gasteiger partial charge in [0.05, 0.1) is 11.7 Å². The molecule has 1 heterocycles. The van der Waals surface area contributed by atoms with Crippen LogP contribution in [0.15, 0.2) is 23.3 Å². The Labute approximate surface area is 92.0 Å². The van der Waals surface area contributed by atoms with Gasteiger partial charge in [-0.15, -0.1) is 0 Å². The van der Waals surface area contributed by atoms with Crippen LogP contribution < -0.4 is 0 Å². The van der Waals surface area contributed by atoms with Crippen molar-refractivity contribution in [3.05, 3.63) is 24.0 Å². The van der Waals surface area contributed by atoms with Crippen molar-refractivity contribution in [2.45, 2.75) is 51.6 Å². The smallest absolute Gasteiger partial charge is 0.0588 e. The zero-order valence-electron chi connectivity index (χ0n) is 9.52. The lowest BCUT2D eigenvalue weighted by atomic mass is 9.96. The van der Waals surface area contributed by atoms with Crippen LogP contribution in [0.3, 0.4) is 0 Å². The number of hydrogen-bond acceptors (Lipinski definition) is 1. The first-order valence-electron chi connectivity index (χ1n) is 6.08. The van der Waals surface area contributed by atoms with Crippen LogP contribution >= 0.6 is 0 Å². The Balaban J connectivity index is 1.97. The molecule has 1 aliphatic rings. The summed E-state index contributed by atoms with van der Waals surface area (Å²) in [5.41, 5.74) is 1.24. The average Bonchev–Trinajstić information content (AvgIpc) is 2.75. The van der Waals surface area contributed by atoms with Gasteiger partial charge in [-0.25, -0.2) is 0 Å². The first-order valence-corrected chi connectivity index (χ1v) is 6.08. The molecule has 1 saturated carbocycles. The van der Waals surface area contributed by atoms with Gasteiger partial charge in [0.1, 0.15) is 0 Å². The lowest BCUT2D eigenvalue weighted by molar-refractivity contribution is 0.444. The molecule has 0 amide bonds. The summed E-state index contributed by atoms with van der Waals surface area (Å²) in [4.78, 5) is 4.69. The Bertz CT molecular complexity index is 319. The molecule has 2 rings (SSSR count). The lowest BCUT2D eigenvalue weighted by Crippen LogP contribution is -2.10. The fourth-order valence-electron chi connectivity index (χ4n) is 2.24. The molecular formula is C13H20N2. The van der Waals surface area contributed by atoms with E-state index >= 15 is 0 Å². The second-order valence-corrected chi connectivity index (χ2v) is 4.29. The fourth-order valence-corrected chi connectivity index (χ4v) is 2.24. The Morgan fingerprint density at radius 1 is 1.40 bits per heavy atom. The third-order valence-corrected chi connectivity index (χ3v) is 3.20. The van der Waals surface area contributed by atoms with Crippen molar-refractivity contribution in [1.29, 1.82) is 0 Å². The second kappa shape index (κ2) is 5.15. The molecule has 1 aromatic rings. The molecule has 0 aromatic carbocycles. The molecule has 0 radical (unpaired) electrons. The topological polar surface area (TPSA) is 17.3 Å². The third kappa shape index (κ3) is 2.71. The molecule has 15 heavy (non-hydrogen) atoms. The molecule has 1 aliphatic carbocycles. The van der Waals surface area contributed by atoms with E-state index in [2.05, 4.69) is 41.0 Å². The SMILES string of the molecule is CCn1cccc1C=NC1CCCCC1. The highest BCUT2D eigenvalue weighted by Crippen LogP contribution is 2.20. The highest BCUT2D eigenvalue weighted by Gasteiger charge is 2.10. The van der Waals surface area contributed by atoms with Crippen molar-refractivity contribution in [3.63, 3.8) is 0 Å². The van der Waals surface area contributed by atoms with Crippen LogP contribution in [-0.4, -0.2) is 16.8 Å². The van der Waals surface area contributed by atoms with Crippen LogP contribution in [-0.2, 0) is 6.54 Å². The molecule has 0 saturated heterocycles. The molecule has 1 fully saturated rings. The molecule has 0 N–H and O–H groups in total. The van der Waals surface area contributed by atoms with Crippen LogP contribution in [0.1, 0.15) is 44.7 Å². The molecule has 1 aromatic heterocycles. The normalized spacial score (nSPS) is 18.7. The Hall–Kier alpha value is -1.05. The van der Waals surface area contributed by atoms with Gasteiger partial charge in [0.15, 0.2) is 0 Å². The highest BCUT2D eigenvalue weighted by atomic mass is 15.0. The van der Waals surface area contributed by atoms with Gasteiger partial charge in [0.2, 0.25) is 0 Å². The van der Waals surface area contributed by atoms with E-state index < -0.39 is 0 Å². The van der Waals surface area contributed by atoms with E-state index in [9.17, 15) is 0 Å². The van der Waals surface area contributed by atoms with Gasteiger partial charge in [-0.05, 0) is 31.9 Å². The maximum atomic E-state index is 4.69. The van der Waals surface area contributed by atoms with Gasteiger partial charge in [-0.2, -0.15) is 0 Å². The average molecular weight is 204 g/mol. The summed E-state index contributed by atoms with van der Waals surface area (Å²) in [6.45, 7) is 3.19. The van der Waals surface area contributed by atoms with Crippen LogP contribution in [0.5, 0.6) is 0 Å². The summed E-state index contributed by atoms with van der Waals surface area (Å²) in [6.07, 6.45) is 10.8. The molecule has 0 unspecified atom stereocenters. The summed E-state index contributed by atoms with van der Waals surface area (Å²) >= 11 is 0. The van der Waals surface area contributed by atoms with E-state index in [1.165, 1.54) is 37.8 Å². The largest absolute Gasteiger partial charge is 0.347 e. The molecule has 2 heteroatoms. The minimum absolute atomic E-state index is 0.582. The van der Waals surface area contributed by atoms with Gasteiger partial charge in [0, 0.05) is 19.0 Å². The predicted molar refractivity (Wildman–Crippen MR) is 64.6 cm³/mol. The van der Waals surface area contributed by atoms with Crippen molar-refractivity contribution in [1.82, 2.24) is 4.57 Å². The minimum Gasteiger partial charge on any atom is -0.347 e. The maximum Gasteiger partial charge on any atom is 0.0588 e. The van der Waals surface area contributed by atoms with Crippen LogP contribution in [0.4, 0.5) is 0 Å². The van der Waals surface area contributed by atoms with E-state index in [1.54, 1.807) is 0 Å². The number of aliphatic imine (C=N–C) groups is 1. The minimum atomic E-state index is 0.582. The van der Waals surface area contributed by atoms with Crippen LogP contribution in [0.2, 0.25) is 0 Å². The first-order chi connectivity index (χ1) is 7.40. The van der Waals surface area contributed by atoms with Crippen molar-refractivity contribution >= 4 is 6.21 Å². The molecule has 82 valence electrons. The lowest BCUT2D eigenvalue weighted by Gasteiger charge is -2.17. The fraction of sp³-hybridized carbons (Fsp3) is 0.615. The van der Waals surface area contributed by atoms with Gasteiger partial charge in [0.25, 0.3) is 0 Å². The number of nitrogens with zero attached hydrogens (tertiary/aromatic N) is 2. The van der Waals surface area contributed by atoms with Crippen molar-refractivity contribution in [2.24, 2.45) is 4.99 Å². The van der Waals surface area contributed by atoms with Crippen molar-refractivity contribution < 1.29 is 0 Å². The van der Waals surface area contributed by atoms with E-state index in [0.717, 1.165) is 6.54 Å². The zero-order chi connectivity index (χ0) is 10.5. The van der Waals surface area contributed by atoms with E-state index in [0.29, 0.717) is 6.04 Å². The number of hydrogen-bond donors (Lipinski definition) is 0. The standard InChI is InChI=1S/C13H20N2/c1-2-15-10-6-9-13(15)11-14-12-7-4-3-5-8-12/h6,9-12H,2-5,7-8H2,1H3. The molecule has 0 spiro atoms. The van der Waals surface area contributed by atoms with Crippen molar-refractivity contribution in [2.75, 3.05) is 0 Å². The number of aromatic nitrogens is 1. The van der Waals surface area contributed by atoms with Gasteiger partial charge < -0.3 is 4.57 Å². The van der Waals surface area contributed by atoms with Gasteiger partial charge >= 0.3 is 0 Å². The van der Waals surface area contributed by atoms with E-state index in [4.69, 9.17) is 0 Å². The highest BCUT2D eigenvalue weighted by molar-refractivity contribution is 5.77. The molecule has 0 bridgehead atoms. The molecular weight excluding hydrogens is 184 g/mol. The number of rotatable bonds is 3. The molecule has 0 atom stereocenters. The number of aryl methyl sites for hydroxylation is 1. The predicted octanol–water partition coefficient (Wildman–Crippen LogP) is 3.26. The van der Waals surface area contributed by atoms with E-state index in [1.807, 2.05) is 0 Å². The maximum absolute atomic E-state index is 4.69. The monoisotopic (exact) mass is 204 g/mol. The molecule has 0 aliphatic heterocycles. The summed E-state index contributed by atoms with van der Waals surface area (Å²) in [5, 5.41) is 0. The van der Waals surface area contributed by atoms with Crippen LogP contribution in [0, 0.1) is 0 Å². The Morgan fingerprint density at radius 3 is 2.93 bits per heavy atom.